The summed E-state index contributed by atoms with van der Waals surface area (Å²) in [4.78, 5) is 10.3. The number of cyclic esters (lactones) is 1. The first-order valence-electron chi connectivity index (χ1n) is 2.61. The summed E-state index contributed by atoms with van der Waals surface area (Å²) < 4.78 is 4.56. The maximum Gasteiger partial charge on any atom is 0.357 e. The molecule has 8 heavy (non-hydrogen) atoms. The Labute approximate surface area is 48.8 Å². The van der Waals surface area contributed by atoms with E-state index in [0.717, 1.165) is 0 Å². The molecule has 0 aromatic rings. The zero-order valence-corrected chi connectivity index (χ0v) is 5.32. The molecule has 0 amide bonds. The molecule has 0 atom stereocenters. The molecule has 2 nitrogen and oxygen atoms in total. The van der Waals surface area contributed by atoms with Crippen molar-refractivity contribution in [3.05, 3.63) is 6.10 Å². The first-order chi connectivity index (χ1) is 3.52. The smallest absolute Gasteiger partial charge is 0.357 e. The van der Waals surface area contributed by atoms with Crippen LogP contribution in [0.2, 0.25) is 0 Å². The monoisotopic (exact) mass is 113 g/mol. The van der Waals surface area contributed by atoms with Gasteiger partial charge >= 0.3 is 5.97 Å². The van der Waals surface area contributed by atoms with Crippen molar-refractivity contribution in [3.63, 3.8) is 0 Å². The second kappa shape index (κ2) is 1.24. The van der Waals surface area contributed by atoms with Crippen LogP contribution in [0, 0.1) is 11.5 Å². The van der Waals surface area contributed by atoms with Gasteiger partial charge in [-0.2, -0.15) is 0 Å². The Bertz CT molecular complexity index is 121. The third-order valence-corrected chi connectivity index (χ3v) is 1.02. The topological polar surface area (TPSA) is 29.6 Å². The van der Waals surface area contributed by atoms with E-state index >= 15 is 0 Å². The maximum absolute atomic E-state index is 10.3. The van der Waals surface area contributed by atoms with E-state index < -0.39 is 0 Å². The lowest BCUT2D eigenvalue weighted by Crippen LogP contribution is -2.07. The molecular weight excluding hydrogens is 104 g/mol. The molecule has 1 radical (unpaired) electrons. The molecule has 1 fully saturated rings. The van der Waals surface area contributed by atoms with Gasteiger partial charge in [0.05, 0.1) is 0 Å². The fourth-order valence-corrected chi connectivity index (χ4v) is 0.526. The van der Waals surface area contributed by atoms with Crippen molar-refractivity contribution >= 4 is 5.97 Å². The predicted molar refractivity (Wildman–Crippen MR) is 28.8 cm³/mol. The highest BCUT2D eigenvalue weighted by Gasteiger charge is 2.50. The third kappa shape index (κ3) is 0.831. The quantitative estimate of drug-likeness (QED) is 0.440. The Morgan fingerprint density at radius 3 is 1.75 bits per heavy atom. The lowest BCUT2D eigenvalue weighted by atomic mass is 9.93. The summed E-state index contributed by atoms with van der Waals surface area (Å²) in [6, 6.07) is 0. The standard InChI is InChI=1S/C6H9O2/c1-6(2,3)4-5(7)8-4/h1-3H3. The average Bonchev–Trinajstić information content (AvgIpc) is 2.13. The molecule has 1 aliphatic rings. The van der Waals surface area contributed by atoms with Crippen LogP contribution in [0.3, 0.4) is 0 Å². The van der Waals surface area contributed by atoms with E-state index in [0.29, 0.717) is 6.10 Å². The zero-order chi connectivity index (χ0) is 6.36. The molecular formula is C6H9O2. The van der Waals surface area contributed by atoms with E-state index in [-0.39, 0.29) is 11.4 Å². The molecule has 0 aromatic heterocycles. The third-order valence-electron chi connectivity index (χ3n) is 1.02. The number of hydrogen-bond donors (Lipinski definition) is 0. The second-order valence-corrected chi connectivity index (χ2v) is 2.97. The van der Waals surface area contributed by atoms with Gasteiger partial charge in [0.25, 0.3) is 6.10 Å². The molecule has 1 saturated heterocycles. The lowest BCUT2D eigenvalue weighted by Gasteiger charge is -2.08. The van der Waals surface area contributed by atoms with Gasteiger partial charge in [-0.25, -0.2) is 4.79 Å². The van der Waals surface area contributed by atoms with Gasteiger partial charge in [0.1, 0.15) is 0 Å². The molecule has 0 saturated carbocycles. The van der Waals surface area contributed by atoms with Crippen molar-refractivity contribution < 1.29 is 9.53 Å². The van der Waals surface area contributed by atoms with Crippen LogP contribution in [0.1, 0.15) is 20.8 Å². The summed E-state index contributed by atoms with van der Waals surface area (Å²) >= 11 is 0. The molecule has 0 aliphatic carbocycles. The van der Waals surface area contributed by atoms with Crippen LogP contribution >= 0.6 is 0 Å². The number of ether oxygens (including phenoxy) is 1. The fourth-order valence-electron chi connectivity index (χ4n) is 0.526. The van der Waals surface area contributed by atoms with Crippen LogP contribution in [0.5, 0.6) is 0 Å². The van der Waals surface area contributed by atoms with Crippen molar-refractivity contribution in [1.29, 1.82) is 0 Å². The van der Waals surface area contributed by atoms with Gasteiger partial charge in [0.15, 0.2) is 0 Å². The Hall–Kier alpha value is -0.530. The lowest BCUT2D eigenvalue weighted by molar-refractivity contribution is -0.117. The van der Waals surface area contributed by atoms with Gasteiger partial charge < -0.3 is 4.74 Å². The van der Waals surface area contributed by atoms with Crippen molar-refractivity contribution in [2.75, 3.05) is 0 Å². The first-order valence-corrected chi connectivity index (χ1v) is 2.61. The van der Waals surface area contributed by atoms with E-state index in [2.05, 4.69) is 4.74 Å². The SMILES string of the molecule is CC(C)(C)[C]1OC1=O. The molecule has 0 unspecified atom stereocenters. The summed E-state index contributed by atoms with van der Waals surface area (Å²) in [7, 11) is 0. The molecule has 0 spiro atoms. The van der Waals surface area contributed by atoms with Crippen LogP contribution in [0.4, 0.5) is 0 Å². The van der Waals surface area contributed by atoms with Crippen molar-refractivity contribution in [3.8, 4) is 0 Å². The number of epoxide rings is 1. The fraction of sp³-hybridized carbons (Fsp3) is 0.667. The van der Waals surface area contributed by atoms with Crippen LogP contribution < -0.4 is 0 Å². The van der Waals surface area contributed by atoms with Gasteiger partial charge in [-0.3, -0.25) is 0 Å². The van der Waals surface area contributed by atoms with E-state index in [4.69, 9.17) is 0 Å². The van der Waals surface area contributed by atoms with E-state index in [1.165, 1.54) is 0 Å². The van der Waals surface area contributed by atoms with Crippen molar-refractivity contribution in [1.82, 2.24) is 0 Å². The van der Waals surface area contributed by atoms with E-state index in [1.54, 1.807) is 0 Å². The van der Waals surface area contributed by atoms with Crippen LogP contribution in [-0.2, 0) is 9.53 Å². The van der Waals surface area contributed by atoms with Gasteiger partial charge in [-0.05, 0) is 0 Å². The molecule has 0 N–H and O–H groups in total. The molecule has 1 aliphatic heterocycles. The summed E-state index contributed by atoms with van der Waals surface area (Å²) in [6.07, 6.45) is 0.609. The highest BCUT2D eigenvalue weighted by Crippen LogP contribution is 2.39. The van der Waals surface area contributed by atoms with Gasteiger partial charge in [-0.1, -0.05) is 20.8 Å². The highest BCUT2D eigenvalue weighted by atomic mass is 16.6. The number of rotatable bonds is 0. The number of carbonyl (C=O) groups is 1. The minimum absolute atomic E-state index is 0.0723. The Morgan fingerprint density at radius 2 is 1.75 bits per heavy atom. The first kappa shape index (κ1) is 5.60. The molecule has 0 bridgehead atoms. The summed E-state index contributed by atoms with van der Waals surface area (Å²) in [5.41, 5.74) is -0.0723. The van der Waals surface area contributed by atoms with Gasteiger partial charge in [0, 0.05) is 5.41 Å². The van der Waals surface area contributed by atoms with E-state index in [9.17, 15) is 4.79 Å². The number of hydrogen-bond acceptors (Lipinski definition) is 2. The van der Waals surface area contributed by atoms with Crippen LogP contribution in [0.25, 0.3) is 0 Å². The summed E-state index contributed by atoms with van der Waals surface area (Å²) in [6.45, 7) is 5.85. The van der Waals surface area contributed by atoms with Gasteiger partial charge in [0.2, 0.25) is 0 Å². The minimum Gasteiger partial charge on any atom is -0.438 e. The van der Waals surface area contributed by atoms with Crippen molar-refractivity contribution in [2.24, 2.45) is 5.41 Å². The van der Waals surface area contributed by atoms with Crippen LogP contribution in [-0.4, -0.2) is 5.97 Å². The molecule has 1 heterocycles. The Balaban J connectivity index is 2.51. The summed E-state index contributed by atoms with van der Waals surface area (Å²) in [5, 5.41) is 0. The second-order valence-electron chi connectivity index (χ2n) is 2.97. The molecule has 1 rings (SSSR count). The highest BCUT2D eigenvalue weighted by molar-refractivity contribution is 5.97. The predicted octanol–water partition coefficient (Wildman–Crippen LogP) is 1.12. The Kier molecular flexibility index (Phi) is 0.872. The minimum atomic E-state index is -0.141. The largest absolute Gasteiger partial charge is 0.438 e. The normalized spacial score (nSPS) is 20.6. The zero-order valence-electron chi connectivity index (χ0n) is 5.32. The number of carbonyl (C=O) groups excluding carboxylic acids is 1. The molecule has 45 valence electrons. The Morgan fingerprint density at radius 1 is 1.38 bits per heavy atom. The average molecular weight is 113 g/mol. The van der Waals surface area contributed by atoms with Crippen molar-refractivity contribution in [2.45, 2.75) is 20.8 Å². The molecule has 0 aromatic carbocycles. The van der Waals surface area contributed by atoms with Gasteiger partial charge in [-0.15, -0.1) is 0 Å². The van der Waals surface area contributed by atoms with E-state index in [1.807, 2.05) is 20.8 Å². The molecule has 2 heteroatoms. The van der Waals surface area contributed by atoms with Crippen LogP contribution in [0.15, 0.2) is 0 Å². The maximum atomic E-state index is 10.3. The summed E-state index contributed by atoms with van der Waals surface area (Å²) in [5.74, 6) is -0.141.